The van der Waals surface area contributed by atoms with Crippen molar-refractivity contribution in [3.05, 3.63) is 23.8 Å². The highest BCUT2D eigenvalue weighted by Crippen LogP contribution is 2.26. The minimum atomic E-state index is -0.959. The van der Waals surface area contributed by atoms with Crippen molar-refractivity contribution >= 4 is 23.4 Å². The molecule has 82 valence electrons. The quantitative estimate of drug-likeness (QED) is 0.403. The van der Waals surface area contributed by atoms with Gasteiger partial charge < -0.3 is 15.9 Å². The first-order valence-electron chi connectivity index (χ1n) is 4.51. The highest BCUT2D eigenvalue weighted by molar-refractivity contribution is 7.99. The smallest absolute Gasteiger partial charge is 0.335 e. The van der Waals surface area contributed by atoms with Crippen LogP contribution in [0.5, 0.6) is 0 Å². The Labute approximate surface area is 92.1 Å². The predicted octanol–water partition coefficient (Wildman–Crippen LogP) is 1.44. The van der Waals surface area contributed by atoms with E-state index in [1.807, 2.05) is 0 Å². The van der Waals surface area contributed by atoms with Gasteiger partial charge in [0.1, 0.15) is 0 Å². The van der Waals surface area contributed by atoms with Gasteiger partial charge in [0, 0.05) is 22.9 Å². The van der Waals surface area contributed by atoms with Crippen molar-refractivity contribution in [1.82, 2.24) is 0 Å². The van der Waals surface area contributed by atoms with Gasteiger partial charge in [-0.2, -0.15) is 0 Å². The van der Waals surface area contributed by atoms with Crippen molar-refractivity contribution in [2.75, 3.05) is 18.1 Å². The minimum absolute atomic E-state index is 0.130. The molecule has 0 aliphatic carbocycles. The van der Waals surface area contributed by atoms with Crippen LogP contribution in [0.2, 0.25) is 0 Å². The second-order valence-corrected chi connectivity index (χ2v) is 4.12. The monoisotopic (exact) mass is 227 g/mol. The van der Waals surface area contributed by atoms with Gasteiger partial charge in [0.25, 0.3) is 0 Å². The summed E-state index contributed by atoms with van der Waals surface area (Å²) < 4.78 is 0. The maximum Gasteiger partial charge on any atom is 0.335 e. The van der Waals surface area contributed by atoms with Gasteiger partial charge in [-0.15, -0.1) is 11.8 Å². The third kappa shape index (κ3) is 3.45. The number of anilines is 1. The molecule has 0 saturated heterocycles. The van der Waals surface area contributed by atoms with Crippen LogP contribution in [-0.4, -0.2) is 28.5 Å². The average Bonchev–Trinajstić information content (AvgIpc) is 2.20. The molecule has 4 N–H and O–H groups in total. The fourth-order valence-electron chi connectivity index (χ4n) is 1.04. The Hall–Kier alpha value is -1.20. The number of nitrogen functional groups attached to an aromatic ring is 1. The Morgan fingerprint density at radius 2 is 2.20 bits per heavy atom. The Kier molecular flexibility index (Phi) is 4.45. The number of thioether (sulfide) groups is 1. The molecule has 0 unspecified atom stereocenters. The molecule has 0 bridgehead atoms. The molecule has 5 heteroatoms. The molecule has 0 heterocycles. The molecular weight excluding hydrogens is 214 g/mol. The molecule has 1 aromatic carbocycles. The largest absolute Gasteiger partial charge is 0.478 e. The Bertz CT molecular complexity index is 355. The zero-order valence-electron chi connectivity index (χ0n) is 8.14. The number of aliphatic hydroxyl groups excluding tert-OH is 1. The number of rotatable bonds is 5. The summed E-state index contributed by atoms with van der Waals surface area (Å²) in [6.45, 7) is 0.130. The Morgan fingerprint density at radius 3 is 2.80 bits per heavy atom. The summed E-state index contributed by atoms with van der Waals surface area (Å²) in [5.41, 5.74) is 6.50. The number of hydrogen-bond donors (Lipinski definition) is 3. The van der Waals surface area contributed by atoms with E-state index in [1.54, 1.807) is 12.1 Å². The Balaban J connectivity index is 2.76. The van der Waals surface area contributed by atoms with Crippen LogP contribution in [0, 0.1) is 0 Å². The van der Waals surface area contributed by atoms with Gasteiger partial charge in [0.05, 0.1) is 5.56 Å². The lowest BCUT2D eigenvalue weighted by molar-refractivity contribution is 0.0696. The van der Waals surface area contributed by atoms with E-state index in [2.05, 4.69) is 0 Å². The lowest BCUT2D eigenvalue weighted by atomic mass is 10.2. The number of carboxylic acid groups (broad SMARTS) is 1. The summed E-state index contributed by atoms with van der Waals surface area (Å²) in [7, 11) is 0. The molecule has 0 fully saturated rings. The number of aliphatic hydroxyl groups is 1. The molecule has 0 atom stereocenters. The number of carboxylic acids is 1. The highest BCUT2D eigenvalue weighted by Gasteiger charge is 2.06. The summed E-state index contributed by atoms with van der Waals surface area (Å²) >= 11 is 1.45. The van der Waals surface area contributed by atoms with E-state index in [-0.39, 0.29) is 12.2 Å². The van der Waals surface area contributed by atoms with E-state index < -0.39 is 5.97 Å². The molecule has 15 heavy (non-hydrogen) atoms. The van der Waals surface area contributed by atoms with Crippen LogP contribution in [0.15, 0.2) is 23.1 Å². The molecule has 0 aliphatic rings. The second-order valence-electron chi connectivity index (χ2n) is 2.98. The zero-order valence-corrected chi connectivity index (χ0v) is 8.96. The van der Waals surface area contributed by atoms with Crippen LogP contribution in [0.25, 0.3) is 0 Å². The van der Waals surface area contributed by atoms with E-state index in [9.17, 15) is 4.79 Å². The third-order valence-corrected chi connectivity index (χ3v) is 2.98. The molecule has 0 spiro atoms. The normalized spacial score (nSPS) is 10.2. The van der Waals surface area contributed by atoms with Crippen molar-refractivity contribution in [3.8, 4) is 0 Å². The van der Waals surface area contributed by atoms with Crippen LogP contribution < -0.4 is 5.73 Å². The number of hydrogen-bond acceptors (Lipinski definition) is 4. The van der Waals surface area contributed by atoms with Crippen molar-refractivity contribution < 1.29 is 15.0 Å². The van der Waals surface area contributed by atoms with Gasteiger partial charge in [-0.3, -0.25) is 0 Å². The molecule has 0 saturated carbocycles. The molecule has 0 amide bonds. The van der Waals surface area contributed by atoms with Crippen molar-refractivity contribution in [2.24, 2.45) is 0 Å². The first-order chi connectivity index (χ1) is 7.15. The molecule has 0 aliphatic heterocycles. The number of benzene rings is 1. The van der Waals surface area contributed by atoms with E-state index in [1.165, 1.54) is 17.8 Å². The number of nitrogens with two attached hydrogens (primary N) is 1. The van der Waals surface area contributed by atoms with Crippen LogP contribution in [-0.2, 0) is 0 Å². The molecule has 0 radical (unpaired) electrons. The summed E-state index contributed by atoms with van der Waals surface area (Å²) in [5.74, 6) is -0.233. The van der Waals surface area contributed by atoms with Crippen molar-refractivity contribution in [3.63, 3.8) is 0 Å². The van der Waals surface area contributed by atoms with E-state index in [0.29, 0.717) is 12.1 Å². The lowest BCUT2D eigenvalue weighted by Gasteiger charge is -2.05. The summed E-state index contributed by atoms with van der Waals surface area (Å²) in [6.07, 6.45) is 0.668. The second kappa shape index (κ2) is 5.63. The molecular formula is C10H13NO3S. The fourth-order valence-corrected chi connectivity index (χ4v) is 1.98. The van der Waals surface area contributed by atoms with Crippen molar-refractivity contribution in [1.29, 1.82) is 0 Å². The predicted molar refractivity (Wildman–Crippen MR) is 60.2 cm³/mol. The maximum absolute atomic E-state index is 10.7. The summed E-state index contributed by atoms with van der Waals surface area (Å²) in [5, 5.41) is 17.4. The van der Waals surface area contributed by atoms with E-state index in [4.69, 9.17) is 15.9 Å². The van der Waals surface area contributed by atoms with Crippen molar-refractivity contribution in [2.45, 2.75) is 11.3 Å². The van der Waals surface area contributed by atoms with E-state index >= 15 is 0 Å². The maximum atomic E-state index is 10.7. The number of carbonyl (C=O) groups is 1. The van der Waals surface area contributed by atoms with Gasteiger partial charge in [-0.25, -0.2) is 4.79 Å². The molecule has 0 aromatic heterocycles. The van der Waals surface area contributed by atoms with Crippen LogP contribution >= 0.6 is 11.8 Å². The zero-order chi connectivity index (χ0) is 11.3. The average molecular weight is 227 g/mol. The highest BCUT2D eigenvalue weighted by atomic mass is 32.2. The first kappa shape index (κ1) is 11.9. The van der Waals surface area contributed by atoms with Gasteiger partial charge in [0.15, 0.2) is 0 Å². The van der Waals surface area contributed by atoms with Gasteiger partial charge in [-0.1, -0.05) is 0 Å². The molecule has 1 aromatic rings. The number of aromatic carboxylic acids is 1. The SMILES string of the molecule is Nc1ccc(C(=O)O)cc1SCCCO. The topological polar surface area (TPSA) is 83.6 Å². The lowest BCUT2D eigenvalue weighted by Crippen LogP contribution is -1.98. The minimum Gasteiger partial charge on any atom is -0.478 e. The van der Waals surface area contributed by atoms with Crippen LogP contribution in [0.3, 0.4) is 0 Å². The Morgan fingerprint density at radius 1 is 1.47 bits per heavy atom. The standard InChI is InChI=1S/C10H13NO3S/c11-8-3-2-7(10(13)14)6-9(8)15-5-1-4-12/h2-3,6,12H,1,4-5,11H2,(H,13,14). The summed E-state index contributed by atoms with van der Waals surface area (Å²) in [4.78, 5) is 11.5. The van der Waals surface area contributed by atoms with Gasteiger partial charge in [-0.05, 0) is 24.6 Å². The first-order valence-corrected chi connectivity index (χ1v) is 5.50. The molecule has 1 rings (SSSR count). The third-order valence-electron chi connectivity index (χ3n) is 1.82. The molecule has 4 nitrogen and oxygen atoms in total. The van der Waals surface area contributed by atoms with Gasteiger partial charge >= 0.3 is 5.97 Å². The van der Waals surface area contributed by atoms with E-state index in [0.717, 1.165) is 10.6 Å². The summed E-state index contributed by atoms with van der Waals surface area (Å²) in [6, 6.07) is 4.62. The van der Waals surface area contributed by atoms with Crippen LogP contribution in [0.1, 0.15) is 16.8 Å². The van der Waals surface area contributed by atoms with Crippen LogP contribution in [0.4, 0.5) is 5.69 Å². The fraction of sp³-hybridized carbons (Fsp3) is 0.300. The van der Waals surface area contributed by atoms with Gasteiger partial charge in [0.2, 0.25) is 0 Å².